The first-order valence-electron chi connectivity index (χ1n) is 3.38. The molecule has 0 amide bonds. The van der Waals surface area contributed by atoms with E-state index in [4.69, 9.17) is 10.3 Å². The van der Waals surface area contributed by atoms with Gasteiger partial charge in [-0.2, -0.15) is 0 Å². The normalized spacial score (nSPS) is 19.8. The Labute approximate surface area is 63.8 Å². The van der Waals surface area contributed by atoms with Gasteiger partial charge in [-0.3, -0.25) is 4.79 Å². The number of carbonyl (C=O) groups excluding carboxylic acids is 1. The van der Waals surface area contributed by atoms with Crippen molar-refractivity contribution in [3.05, 3.63) is 11.3 Å². The Morgan fingerprint density at radius 1 is 1.45 bits per heavy atom. The average molecular weight is 155 g/mol. The maximum atomic E-state index is 10.8. The van der Waals surface area contributed by atoms with Gasteiger partial charge in [-0.15, -0.1) is 0 Å². The summed E-state index contributed by atoms with van der Waals surface area (Å²) < 4.78 is 0. The lowest BCUT2D eigenvalue weighted by Gasteiger charge is -2.10. The number of carbonyl (C=O) groups is 1. The molecule has 0 saturated heterocycles. The lowest BCUT2D eigenvalue weighted by molar-refractivity contribution is -0.118. The first-order valence-corrected chi connectivity index (χ1v) is 3.38. The highest BCUT2D eigenvalue weighted by atomic mass is 16.4. The molecule has 0 bridgehead atoms. The van der Waals surface area contributed by atoms with Crippen molar-refractivity contribution >= 4 is 12.0 Å². The first-order chi connectivity index (χ1) is 5.25. The van der Waals surface area contributed by atoms with Crippen LogP contribution in [-0.2, 0) is 4.79 Å². The second kappa shape index (κ2) is 3.18. The van der Waals surface area contributed by atoms with Crippen molar-refractivity contribution < 1.29 is 15.1 Å². The highest BCUT2D eigenvalue weighted by Crippen LogP contribution is 2.18. The summed E-state index contributed by atoms with van der Waals surface area (Å²) in [6.07, 6.45) is 2.80. The van der Waals surface area contributed by atoms with E-state index in [1.54, 1.807) is 0 Å². The van der Waals surface area contributed by atoms with Crippen LogP contribution in [0, 0.1) is 0 Å². The molecule has 0 atom stereocenters. The van der Waals surface area contributed by atoms with Gasteiger partial charge in [0.2, 0.25) is 0 Å². The Balaban J connectivity index is 2.88. The summed E-state index contributed by atoms with van der Waals surface area (Å²) in [7, 11) is 0. The molecule has 60 valence electrons. The summed E-state index contributed by atoms with van der Waals surface area (Å²) >= 11 is 0. The van der Waals surface area contributed by atoms with Crippen LogP contribution in [0.15, 0.2) is 16.5 Å². The molecule has 0 unspecified atom stereocenters. The molecule has 0 aliphatic heterocycles. The summed E-state index contributed by atoms with van der Waals surface area (Å²) in [5.41, 5.74) is 0.420. The number of aliphatic hydroxyl groups is 1. The van der Waals surface area contributed by atoms with Gasteiger partial charge in [0.1, 0.15) is 0 Å². The molecule has 0 aromatic heterocycles. The minimum Gasteiger partial charge on any atom is -0.504 e. The molecule has 1 rings (SSSR count). The molecule has 0 fully saturated rings. The number of oxime groups is 1. The molecule has 0 aromatic carbocycles. The number of ketones is 1. The lowest BCUT2D eigenvalue weighted by atomic mass is 9.98. The molecule has 4 nitrogen and oxygen atoms in total. The number of hydrogen-bond donors (Lipinski definition) is 2. The summed E-state index contributed by atoms with van der Waals surface area (Å²) in [4.78, 5) is 10.8. The van der Waals surface area contributed by atoms with Gasteiger partial charge in [-0.25, -0.2) is 0 Å². The molecule has 0 spiro atoms. The third kappa shape index (κ3) is 1.58. The van der Waals surface area contributed by atoms with Crippen molar-refractivity contribution in [3.8, 4) is 0 Å². The Morgan fingerprint density at radius 3 is 2.82 bits per heavy atom. The second-order valence-electron chi connectivity index (χ2n) is 2.40. The molecule has 11 heavy (non-hydrogen) atoms. The van der Waals surface area contributed by atoms with E-state index >= 15 is 0 Å². The average Bonchev–Trinajstić information content (AvgIpc) is 1.99. The maximum absolute atomic E-state index is 10.8. The number of allylic oxidation sites excluding steroid dienone is 2. The van der Waals surface area contributed by atoms with E-state index < -0.39 is 0 Å². The summed E-state index contributed by atoms with van der Waals surface area (Å²) in [6, 6.07) is 0. The molecule has 0 heterocycles. The van der Waals surface area contributed by atoms with Crippen LogP contribution in [0.5, 0.6) is 0 Å². The van der Waals surface area contributed by atoms with Gasteiger partial charge in [-0.05, 0) is 12.8 Å². The van der Waals surface area contributed by atoms with Crippen LogP contribution in [0.2, 0.25) is 0 Å². The van der Waals surface area contributed by atoms with Crippen LogP contribution in [-0.4, -0.2) is 22.3 Å². The number of Topliss-reactive ketones (excluding diaryl/α,β-unsaturated/α-hetero) is 1. The Kier molecular flexibility index (Phi) is 2.25. The Morgan fingerprint density at radius 2 is 2.18 bits per heavy atom. The SMILES string of the molecule is O=C1CCCC(C=NO)=C1O. The van der Waals surface area contributed by atoms with E-state index in [1.807, 2.05) is 0 Å². The standard InChI is InChI=1S/C7H9NO3/c9-6-3-1-2-5(4-8-11)7(6)10/h4,10-11H,1-3H2. The minimum atomic E-state index is -0.272. The fourth-order valence-corrected chi connectivity index (χ4v) is 1.05. The molecule has 1 aliphatic rings. The van der Waals surface area contributed by atoms with Gasteiger partial charge in [0.25, 0.3) is 0 Å². The van der Waals surface area contributed by atoms with E-state index in [-0.39, 0.29) is 11.5 Å². The van der Waals surface area contributed by atoms with E-state index in [2.05, 4.69) is 5.16 Å². The highest BCUT2D eigenvalue weighted by molar-refractivity contribution is 6.00. The molecule has 0 radical (unpaired) electrons. The van der Waals surface area contributed by atoms with Crippen molar-refractivity contribution in [1.29, 1.82) is 0 Å². The number of rotatable bonds is 1. The highest BCUT2D eigenvalue weighted by Gasteiger charge is 2.17. The zero-order chi connectivity index (χ0) is 8.27. The topological polar surface area (TPSA) is 69.9 Å². The molecule has 4 heteroatoms. The van der Waals surface area contributed by atoms with Crippen LogP contribution in [0.25, 0.3) is 0 Å². The largest absolute Gasteiger partial charge is 0.504 e. The molecule has 0 saturated carbocycles. The van der Waals surface area contributed by atoms with Gasteiger partial charge in [0, 0.05) is 12.0 Å². The zero-order valence-electron chi connectivity index (χ0n) is 5.95. The van der Waals surface area contributed by atoms with Crippen molar-refractivity contribution in [1.82, 2.24) is 0 Å². The van der Waals surface area contributed by atoms with E-state index in [1.165, 1.54) is 0 Å². The van der Waals surface area contributed by atoms with E-state index in [0.717, 1.165) is 6.21 Å². The van der Waals surface area contributed by atoms with Gasteiger partial charge < -0.3 is 10.3 Å². The summed E-state index contributed by atoms with van der Waals surface area (Å²) in [6.45, 7) is 0. The third-order valence-electron chi connectivity index (χ3n) is 1.63. The van der Waals surface area contributed by atoms with Crippen LogP contribution in [0.3, 0.4) is 0 Å². The van der Waals surface area contributed by atoms with Crippen molar-refractivity contribution in [2.24, 2.45) is 5.16 Å². The molecule has 1 aliphatic carbocycles. The van der Waals surface area contributed by atoms with Crippen molar-refractivity contribution in [3.63, 3.8) is 0 Å². The quantitative estimate of drug-likeness (QED) is 0.337. The maximum Gasteiger partial charge on any atom is 0.197 e. The fraction of sp³-hybridized carbons (Fsp3) is 0.429. The van der Waals surface area contributed by atoms with Crippen molar-refractivity contribution in [2.75, 3.05) is 0 Å². The lowest BCUT2D eigenvalue weighted by Crippen LogP contribution is -2.11. The molecule has 0 aromatic rings. The van der Waals surface area contributed by atoms with Gasteiger partial charge in [0.05, 0.1) is 6.21 Å². The van der Waals surface area contributed by atoms with Crippen LogP contribution < -0.4 is 0 Å². The molecule has 2 N–H and O–H groups in total. The zero-order valence-corrected chi connectivity index (χ0v) is 5.95. The van der Waals surface area contributed by atoms with Crippen LogP contribution in [0.1, 0.15) is 19.3 Å². The minimum absolute atomic E-state index is 0.256. The smallest absolute Gasteiger partial charge is 0.197 e. The summed E-state index contributed by atoms with van der Waals surface area (Å²) in [5, 5.41) is 20.0. The van der Waals surface area contributed by atoms with Gasteiger partial charge in [0.15, 0.2) is 11.5 Å². The second-order valence-corrected chi connectivity index (χ2v) is 2.40. The predicted molar refractivity (Wildman–Crippen MR) is 38.8 cm³/mol. The van der Waals surface area contributed by atoms with Crippen LogP contribution >= 0.6 is 0 Å². The monoisotopic (exact) mass is 155 g/mol. The van der Waals surface area contributed by atoms with Gasteiger partial charge in [-0.1, -0.05) is 5.16 Å². The number of aliphatic hydroxyl groups excluding tert-OH is 1. The van der Waals surface area contributed by atoms with Gasteiger partial charge >= 0.3 is 0 Å². The predicted octanol–water partition coefficient (Wildman–Crippen LogP) is 1.01. The third-order valence-corrected chi connectivity index (χ3v) is 1.63. The Bertz CT molecular complexity index is 230. The van der Waals surface area contributed by atoms with E-state index in [0.29, 0.717) is 24.8 Å². The fourth-order valence-electron chi connectivity index (χ4n) is 1.05. The van der Waals surface area contributed by atoms with Crippen molar-refractivity contribution in [2.45, 2.75) is 19.3 Å². The number of hydrogen-bond acceptors (Lipinski definition) is 4. The number of nitrogens with zero attached hydrogens (tertiary/aromatic N) is 1. The Hall–Kier alpha value is -1.32. The summed E-state index contributed by atoms with van der Waals surface area (Å²) in [5.74, 6) is -0.528. The molecular formula is C7H9NO3. The first kappa shape index (κ1) is 7.78. The van der Waals surface area contributed by atoms with E-state index in [9.17, 15) is 4.79 Å². The van der Waals surface area contributed by atoms with Crippen LogP contribution in [0.4, 0.5) is 0 Å². The molecular weight excluding hydrogens is 146 g/mol.